The first-order valence-corrected chi connectivity index (χ1v) is 8.92. The third-order valence-corrected chi connectivity index (χ3v) is 4.31. The molecule has 4 aromatic rings. The Bertz CT molecular complexity index is 1080. The van der Waals surface area contributed by atoms with Crippen LogP contribution in [0.25, 0.3) is 22.4 Å². The lowest BCUT2D eigenvalue weighted by molar-refractivity contribution is -0.117. The fraction of sp³-hybridized carbons (Fsp3) is 0.200. The van der Waals surface area contributed by atoms with Crippen molar-refractivity contribution in [1.82, 2.24) is 19.8 Å². The molecule has 8 nitrogen and oxygen atoms in total. The van der Waals surface area contributed by atoms with E-state index in [2.05, 4.69) is 20.6 Å². The summed E-state index contributed by atoms with van der Waals surface area (Å²) in [5.74, 6) is 1.70. The first kappa shape index (κ1) is 17.7. The number of para-hydroxylation sites is 2. The van der Waals surface area contributed by atoms with Crippen LogP contribution in [0.15, 0.2) is 59.4 Å². The topological polar surface area (TPSA) is 95.1 Å². The number of aryl methyl sites for hydroxylation is 1. The van der Waals surface area contributed by atoms with Crippen molar-refractivity contribution in [2.45, 2.75) is 19.3 Å². The number of hydrogen-bond acceptors (Lipinski definition) is 6. The second kappa shape index (κ2) is 7.91. The van der Waals surface area contributed by atoms with Crippen LogP contribution in [0.1, 0.15) is 18.7 Å². The normalized spacial score (nSPS) is 10.9. The van der Waals surface area contributed by atoms with Gasteiger partial charge in [-0.15, -0.1) is 0 Å². The molecule has 0 unspecified atom stereocenters. The Hall–Kier alpha value is -3.68. The number of nitrogens with one attached hydrogen (secondary N) is 1. The Morgan fingerprint density at radius 2 is 2.00 bits per heavy atom. The molecule has 0 aliphatic carbocycles. The van der Waals surface area contributed by atoms with Gasteiger partial charge in [0.15, 0.2) is 0 Å². The molecular weight excluding hydrogens is 358 g/mol. The highest BCUT2D eigenvalue weighted by molar-refractivity contribution is 5.86. The number of nitrogens with zero attached hydrogens (tertiary/aromatic N) is 4. The first-order chi connectivity index (χ1) is 13.7. The molecular formula is C20H19N5O3. The second-order valence-electron chi connectivity index (χ2n) is 6.23. The van der Waals surface area contributed by atoms with Crippen LogP contribution in [0.4, 0.5) is 0 Å². The molecule has 0 fully saturated rings. The zero-order valence-electron chi connectivity index (χ0n) is 15.3. The highest BCUT2D eigenvalue weighted by Crippen LogP contribution is 2.20. The molecule has 1 amide bonds. The zero-order chi connectivity index (χ0) is 19.3. The number of fused-ring (bicyclic) bond motifs is 1. The van der Waals surface area contributed by atoms with E-state index < -0.39 is 0 Å². The lowest BCUT2D eigenvalue weighted by atomic mass is 10.2. The van der Waals surface area contributed by atoms with Gasteiger partial charge < -0.3 is 9.26 Å². The lowest BCUT2D eigenvalue weighted by Crippen LogP contribution is -2.21. The number of carbonyl (C=O) groups excluding carboxylic acids is 1. The molecule has 0 bridgehead atoms. The number of rotatable bonds is 7. The largest absolute Gasteiger partial charge is 0.497 e. The van der Waals surface area contributed by atoms with Crippen molar-refractivity contribution in [2.24, 2.45) is 0 Å². The van der Waals surface area contributed by atoms with Crippen molar-refractivity contribution in [3.05, 3.63) is 60.7 Å². The number of methoxy groups -OCH3 is 1. The minimum Gasteiger partial charge on any atom is -0.497 e. The summed E-state index contributed by atoms with van der Waals surface area (Å²) in [4.78, 5) is 20.8. The van der Waals surface area contributed by atoms with E-state index in [4.69, 9.17) is 9.26 Å². The van der Waals surface area contributed by atoms with Gasteiger partial charge in [0.2, 0.25) is 17.6 Å². The number of carbonyl (C=O) groups is 1. The molecule has 0 aliphatic heterocycles. The first-order valence-electron chi connectivity index (χ1n) is 8.92. The average Bonchev–Trinajstić information content (AvgIpc) is 3.36. The Morgan fingerprint density at radius 1 is 1.18 bits per heavy atom. The molecule has 2 aromatic heterocycles. The Labute approximate surface area is 161 Å². The van der Waals surface area contributed by atoms with E-state index in [1.165, 1.54) is 0 Å². The van der Waals surface area contributed by atoms with E-state index in [1.54, 1.807) is 18.1 Å². The summed E-state index contributed by atoms with van der Waals surface area (Å²) in [7, 11) is 1.62. The number of ether oxygens (including phenoxy) is 1. The molecule has 0 saturated heterocycles. The summed E-state index contributed by atoms with van der Waals surface area (Å²) in [6.07, 6.45) is 3.07. The van der Waals surface area contributed by atoms with Crippen LogP contribution in [-0.4, -0.2) is 32.8 Å². The monoisotopic (exact) mass is 377 g/mol. The fourth-order valence-electron chi connectivity index (χ4n) is 2.85. The molecule has 8 heteroatoms. The quantitative estimate of drug-likeness (QED) is 0.531. The maximum Gasteiger partial charge on any atom is 0.238 e. The third kappa shape index (κ3) is 3.85. The van der Waals surface area contributed by atoms with Gasteiger partial charge in [0.25, 0.3) is 0 Å². The van der Waals surface area contributed by atoms with E-state index >= 15 is 0 Å². The van der Waals surface area contributed by atoms with Crippen LogP contribution in [-0.2, 0) is 11.2 Å². The number of amides is 1. The smallest absolute Gasteiger partial charge is 0.238 e. The standard InChI is InChI=1S/C20H19N5O3/c1-27-15-11-9-14(10-12-15)20-22-19(28-24-20)8-4-7-18(26)23-25-13-21-16-5-2-3-6-17(16)25/h2-3,5-6,9-13H,4,7-8H2,1H3,(H,23,26). The van der Waals surface area contributed by atoms with Crippen molar-refractivity contribution in [3.8, 4) is 17.1 Å². The summed E-state index contributed by atoms with van der Waals surface area (Å²) in [6.45, 7) is 0. The molecule has 0 aliphatic rings. The minimum absolute atomic E-state index is 0.0990. The summed E-state index contributed by atoms with van der Waals surface area (Å²) in [5.41, 5.74) is 5.37. The predicted molar refractivity (Wildman–Crippen MR) is 103 cm³/mol. The molecule has 2 heterocycles. The van der Waals surface area contributed by atoms with Crippen LogP contribution in [0.2, 0.25) is 0 Å². The predicted octanol–water partition coefficient (Wildman–Crippen LogP) is 3.19. The highest BCUT2D eigenvalue weighted by atomic mass is 16.5. The summed E-state index contributed by atoms with van der Waals surface area (Å²) in [5, 5.41) is 3.99. The maximum atomic E-state index is 12.2. The molecule has 28 heavy (non-hydrogen) atoms. The van der Waals surface area contributed by atoms with Crippen molar-refractivity contribution >= 4 is 16.9 Å². The SMILES string of the molecule is COc1ccc(-c2noc(CCCC(=O)Nn3cnc4ccccc43)n2)cc1. The van der Waals surface area contributed by atoms with Crippen molar-refractivity contribution in [1.29, 1.82) is 0 Å². The number of benzene rings is 2. The Balaban J connectivity index is 1.30. The van der Waals surface area contributed by atoms with Crippen molar-refractivity contribution < 1.29 is 14.1 Å². The maximum absolute atomic E-state index is 12.2. The van der Waals surface area contributed by atoms with Crippen molar-refractivity contribution in [3.63, 3.8) is 0 Å². The van der Waals surface area contributed by atoms with Gasteiger partial charge in [0, 0.05) is 18.4 Å². The molecule has 2 aromatic carbocycles. The number of imidazole rings is 1. The number of hydrogen-bond donors (Lipinski definition) is 1. The van der Waals surface area contributed by atoms with E-state index in [1.807, 2.05) is 48.5 Å². The molecule has 0 atom stereocenters. The van der Waals surface area contributed by atoms with Gasteiger partial charge >= 0.3 is 0 Å². The molecule has 142 valence electrons. The van der Waals surface area contributed by atoms with E-state index in [0.717, 1.165) is 22.3 Å². The van der Waals surface area contributed by atoms with Crippen LogP contribution < -0.4 is 10.2 Å². The molecule has 1 N–H and O–H groups in total. The minimum atomic E-state index is -0.0990. The zero-order valence-corrected chi connectivity index (χ0v) is 15.3. The van der Waals surface area contributed by atoms with Gasteiger partial charge in [-0.3, -0.25) is 10.2 Å². The second-order valence-corrected chi connectivity index (χ2v) is 6.23. The molecule has 0 saturated carbocycles. The Morgan fingerprint density at radius 3 is 2.82 bits per heavy atom. The van der Waals surface area contributed by atoms with Gasteiger partial charge in [0.05, 0.1) is 18.1 Å². The van der Waals surface area contributed by atoms with Crippen LogP contribution in [0.3, 0.4) is 0 Å². The van der Waals surface area contributed by atoms with Crippen LogP contribution >= 0.6 is 0 Å². The highest BCUT2D eigenvalue weighted by Gasteiger charge is 2.11. The van der Waals surface area contributed by atoms with Crippen LogP contribution in [0, 0.1) is 0 Å². The van der Waals surface area contributed by atoms with Gasteiger partial charge in [-0.25, -0.2) is 9.66 Å². The summed E-state index contributed by atoms with van der Waals surface area (Å²) >= 11 is 0. The average molecular weight is 377 g/mol. The van der Waals surface area contributed by atoms with Gasteiger partial charge in [-0.2, -0.15) is 4.98 Å². The fourth-order valence-corrected chi connectivity index (χ4v) is 2.85. The Kier molecular flexibility index (Phi) is 5.01. The van der Waals surface area contributed by atoms with E-state index in [9.17, 15) is 4.79 Å². The summed E-state index contributed by atoms with van der Waals surface area (Å²) in [6, 6.07) is 15.0. The van der Waals surface area contributed by atoms with Gasteiger partial charge in [-0.05, 0) is 42.8 Å². The van der Waals surface area contributed by atoms with Crippen molar-refractivity contribution in [2.75, 3.05) is 12.5 Å². The molecule has 0 spiro atoms. The lowest BCUT2D eigenvalue weighted by Gasteiger charge is -2.06. The molecule has 0 radical (unpaired) electrons. The van der Waals surface area contributed by atoms with Gasteiger partial charge in [0.1, 0.15) is 12.1 Å². The van der Waals surface area contributed by atoms with E-state index in [-0.39, 0.29) is 5.91 Å². The third-order valence-electron chi connectivity index (χ3n) is 4.31. The number of aromatic nitrogens is 4. The van der Waals surface area contributed by atoms with Crippen LogP contribution in [0.5, 0.6) is 5.75 Å². The van der Waals surface area contributed by atoms with E-state index in [0.29, 0.717) is 31.0 Å². The van der Waals surface area contributed by atoms with Gasteiger partial charge in [-0.1, -0.05) is 17.3 Å². The summed E-state index contributed by atoms with van der Waals surface area (Å²) < 4.78 is 12.1. The molecule has 4 rings (SSSR count).